The minimum atomic E-state index is -3.02. The zero-order valence-electron chi connectivity index (χ0n) is 6.82. The van der Waals surface area contributed by atoms with E-state index in [-0.39, 0.29) is 17.5 Å². The van der Waals surface area contributed by atoms with Crippen LogP contribution < -0.4 is 5.23 Å². The average molecular weight is 190 g/mol. The summed E-state index contributed by atoms with van der Waals surface area (Å²) in [5.41, 5.74) is 0.309. The van der Waals surface area contributed by atoms with E-state index < -0.39 is 9.84 Å². The molecule has 1 atom stereocenters. The lowest BCUT2D eigenvalue weighted by Gasteiger charge is -2.22. The second-order valence-corrected chi connectivity index (χ2v) is 5.00. The molecule has 0 aliphatic carbocycles. The average Bonchev–Trinajstić information content (AvgIpc) is 2.03. The Morgan fingerprint density at radius 1 is 1.67 bits per heavy atom. The molecule has 0 aromatic rings. The number of hydrogen-bond donors (Lipinski definition) is 2. The predicted octanol–water partition coefficient (Wildman–Crippen LogP) is -1.86. The standard InChI is InChI=1S/C5H11BN2O3S/c6-7-4-1-2-12(10,11)3-5(4)8-9/h4,7,9H,1-3,6H2/b8-5+. The highest BCUT2D eigenvalue weighted by molar-refractivity contribution is 7.92. The van der Waals surface area contributed by atoms with Gasteiger partial charge in [-0.1, -0.05) is 5.16 Å². The van der Waals surface area contributed by atoms with Crippen molar-refractivity contribution in [1.82, 2.24) is 5.23 Å². The molecule has 1 fully saturated rings. The second kappa shape index (κ2) is 3.45. The van der Waals surface area contributed by atoms with Crippen LogP contribution in [0, 0.1) is 0 Å². The van der Waals surface area contributed by atoms with E-state index in [1.54, 1.807) is 7.98 Å². The SMILES string of the molecule is BNC1CCS(=O)(=O)C/C1=N\O. The molecule has 1 saturated heterocycles. The fraction of sp³-hybridized carbons (Fsp3) is 0.800. The van der Waals surface area contributed by atoms with Crippen molar-refractivity contribution in [3.8, 4) is 0 Å². The molecule has 1 heterocycles. The molecule has 2 N–H and O–H groups in total. The Balaban J connectivity index is 2.80. The highest BCUT2D eigenvalue weighted by atomic mass is 32.2. The molecular weight excluding hydrogens is 179 g/mol. The van der Waals surface area contributed by atoms with Gasteiger partial charge in [0.1, 0.15) is 0 Å². The van der Waals surface area contributed by atoms with Crippen LogP contribution in [0.5, 0.6) is 0 Å². The van der Waals surface area contributed by atoms with Crippen LogP contribution in [0.2, 0.25) is 0 Å². The van der Waals surface area contributed by atoms with Crippen LogP contribution in [0.3, 0.4) is 0 Å². The van der Waals surface area contributed by atoms with Gasteiger partial charge in [-0.15, -0.1) is 0 Å². The number of nitrogens with one attached hydrogen (secondary N) is 1. The van der Waals surface area contributed by atoms with Gasteiger partial charge in [-0.3, -0.25) is 0 Å². The maximum Gasteiger partial charge on any atom is 0.182 e. The van der Waals surface area contributed by atoms with Crippen molar-refractivity contribution in [1.29, 1.82) is 0 Å². The van der Waals surface area contributed by atoms with Gasteiger partial charge in [-0.25, -0.2) is 8.42 Å². The summed E-state index contributed by atoms with van der Waals surface area (Å²) in [6.45, 7) is 0. The molecule has 0 amide bonds. The Morgan fingerprint density at radius 3 is 2.83 bits per heavy atom. The second-order valence-electron chi connectivity index (χ2n) is 2.81. The first-order chi connectivity index (χ1) is 5.59. The first kappa shape index (κ1) is 9.53. The van der Waals surface area contributed by atoms with E-state index in [9.17, 15) is 8.42 Å². The molecule has 0 saturated carbocycles. The van der Waals surface area contributed by atoms with E-state index in [1.807, 2.05) is 0 Å². The van der Waals surface area contributed by atoms with Crippen molar-refractivity contribution >= 4 is 23.5 Å². The minimum absolute atomic E-state index is 0.0986. The van der Waals surface area contributed by atoms with Crippen LogP contribution in [0.15, 0.2) is 5.16 Å². The number of nitrogens with zero attached hydrogens (tertiary/aromatic N) is 1. The van der Waals surface area contributed by atoms with Gasteiger partial charge in [0.25, 0.3) is 0 Å². The largest absolute Gasteiger partial charge is 0.411 e. The molecule has 7 heteroatoms. The van der Waals surface area contributed by atoms with Crippen molar-refractivity contribution in [3.05, 3.63) is 0 Å². The zero-order chi connectivity index (χ0) is 9.19. The number of sulfone groups is 1. The molecule has 0 bridgehead atoms. The van der Waals surface area contributed by atoms with Gasteiger partial charge < -0.3 is 10.4 Å². The first-order valence-corrected chi connectivity index (χ1v) is 5.49. The summed E-state index contributed by atoms with van der Waals surface area (Å²) in [6.07, 6.45) is 0.484. The maximum absolute atomic E-state index is 11.1. The molecule has 1 aliphatic rings. The van der Waals surface area contributed by atoms with E-state index in [0.29, 0.717) is 12.1 Å². The van der Waals surface area contributed by atoms with Crippen LogP contribution in [-0.2, 0) is 9.84 Å². The van der Waals surface area contributed by atoms with Gasteiger partial charge in [0.05, 0.1) is 17.2 Å². The maximum atomic E-state index is 11.1. The Bertz CT molecular complexity index is 287. The highest BCUT2D eigenvalue weighted by Crippen LogP contribution is 2.09. The molecule has 1 aliphatic heterocycles. The van der Waals surface area contributed by atoms with Gasteiger partial charge in [-0.05, 0) is 6.42 Å². The highest BCUT2D eigenvalue weighted by Gasteiger charge is 2.28. The number of hydrogen-bond acceptors (Lipinski definition) is 5. The lowest BCUT2D eigenvalue weighted by atomic mass is 10.1. The molecule has 0 aromatic carbocycles. The quantitative estimate of drug-likeness (QED) is 0.289. The molecule has 0 spiro atoms. The van der Waals surface area contributed by atoms with E-state index in [4.69, 9.17) is 5.21 Å². The molecule has 1 rings (SSSR count). The summed E-state index contributed by atoms with van der Waals surface area (Å²) in [4.78, 5) is 0. The van der Waals surface area contributed by atoms with Crippen LogP contribution in [0.4, 0.5) is 0 Å². The molecule has 0 aromatic heterocycles. The Morgan fingerprint density at radius 2 is 2.33 bits per heavy atom. The topological polar surface area (TPSA) is 78.8 Å². The fourth-order valence-electron chi connectivity index (χ4n) is 1.27. The summed E-state index contributed by atoms with van der Waals surface area (Å²) in [5, 5.41) is 14.4. The third-order valence-corrected chi connectivity index (χ3v) is 3.56. The summed E-state index contributed by atoms with van der Waals surface area (Å²) >= 11 is 0. The van der Waals surface area contributed by atoms with Crippen LogP contribution in [0.1, 0.15) is 6.42 Å². The summed E-state index contributed by atoms with van der Waals surface area (Å²) in [7, 11) is -1.30. The molecule has 1 unspecified atom stereocenters. The summed E-state index contributed by atoms with van der Waals surface area (Å²) < 4.78 is 22.1. The smallest absolute Gasteiger partial charge is 0.182 e. The van der Waals surface area contributed by atoms with Crippen LogP contribution in [0.25, 0.3) is 0 Å². The third-order valence-electron chi connectivity index (χ3n) is 1.96. The van der Waals surface area contributed by atoms with E-state index >= 15 is 0 Å². The van der Waals surface area contributed by atoms with Crippen LogP contribution in [-0.4, -0.2) is 44.9 Å². The van der Waals surface area contributed by atoms with Crippen molar-refractivity contribution in [2.75, 3.05) is 11.5 Å². The molecule has 68 valence electrons. The Hall–Kier alpha value is -0.555. The minimum Gasteiger partial charge on any atom is -0.411 e. The van der Waals surface area contributed by atoms with Crippen molar-refractivity contribution in [3.63, 3.8) is 0 Å². The molecular formula is C5H11BN2O3S. The van der Waals surface area contributed by atoms with Gasteiger partial charge in [0.2, 0.25) is 0 Å². The van der Waals surface area contributed by atoms with Gasteiger partial charge in [-0.2, -0.15) is 0 Å². The van der Waals surface area contributed by atoms with Gasteiger partial charge in [0.15, 0.2) is 17.8 Å². The lowest BCUT2D eigenvalue weighted by Crippen LogP contribution is -2.44. The predicted molar refractivity (Wildman–Crippen MR) is 48.0 cm³/mol. The summed E-state index contributed by atoms with van der Waals surface area (Å²) in [6, 6.07) is -0.0986. The normalized spacial score (nSPS) is 32.0. The zero-order valence-corrected chi connectivity index (χ0v) is 7.63. The van der Waals surface area contributed by atoms with Crippen molar-refractivity contribution in [2.45, 2.75) is 12.5 Å². The van der Waals surface area contributed by atoms with E-state index in [0.717, 1.165) is 0 Å². The van der Waals surface area contributed by atoms with E-state index in [2.05, 4.69) is 10.4 Å². The third kappa shape index (κ3) is 1.98. The Kier molecular flexibility index (Phi) is 2.74. The first-order valence-electron chi connectivity index (χ1n) is 3.67. The van der Waals surface area contributed by atoms with Crippen molar-refractivity contribution in [2.24, 2.45) is 5.16 Å². The molecule has 5 nitrogen and oxygen atoms in total. The lowest BCUT2D eigenvalue weighted by molar-refractivity contribution is 0.315. The van der Waals surface area contributed by atoms with Crippen LogP contribution >= 0.6 is 0 Å². The van der Waals surface area contributed by atoms with Crippen molar-refractivity contribution < 1.29 is 13.6 Å². The fourth-order valence-corrected chi connectivity index (χ4v) is 2.72. The van der Waals surface area contributed by atoms with Gasteiger partial charge in [0, 0.05) is 6.04 Å². The number of rotatable bonds is 1. The summed E-state index contributed by atoms with van der Waals surface area (Å²) in [5.74, 6) is 0.0343. The molecule has 0 radical (unpaired) electrons. The van der Waals surface area contributed by atoms with E-state index in [1.165, 1.54) is 0 Å². The number of oxime groups is 1. The molecule has 12 heavy (non-hydrogen) atoms. The monoisotopic (exact) mass is 190 g/mol. The Labute approximate surface area is 72.2 Å². The van der Waals surface area contributed by atoms with Gasteiger partial charge >= 0.3 is 0 Å².